The lowest BCUT2D eigenvalue weighted by molar-refractivity contribution is 0.190. The monoisotopic (exact) mass is 290 g/mol. The minimum Gasteiger partial charge on any atom is -0.496 e. The van der Waals surface area contributed by atoms with Crippen LogP contribution in [0, 0.1) is 0 Å². The molecule has 1 unspecified atom stereocenters. The van der Waals surface area contributed by atoms with E-state index in [1.165, 1.54) is 44.5 Å². The van der Waals surface area contributed by atoms with Gasteiger partial charge in [0.1, 0.15) is 5.75 Å². The SMILES string of the molecule is CCCN1CCC(NC(CC)c2ccccc2OC)CC1. The third-order valence-electron chi connectivity index (χ3n) is 4.49. The highest BCUT2D eigenvalue weighted by Gasteiger charge is 2.22. The second-order valence-electron chi connectivity index (χ2n) is 5.99. The van der Waals surface area contributed by atoms with Gasteiger partial charge in [-0.15, -0.1) is 0 Å². The summed E-state index contributed by atoms with van der Waals surface area (Å²) in [5.74, 6) is 1.00. The molecule has 1 aromatic rings. The Hall–Kier alpha value is -1.06. The van der Waals surface area contributed by atoms with Crippen molar-refractivity contribution in [3.05, 3.63) is 29.8 Å². The molecule has 1 fully saturated rings. The van der Waals surface area contributed by atoms with Gasteiger partial charge >= 0.3 is 0 Å². The van der Waals surface area contributed by atoms with Crippen LogP contribution in [0.25, 0.3) is 0 Å². The van der Waals surface area contributed by atoms with Crippen molar-refractivity contribution < 1.29 is 4.74 Å². The fourth-order valence-corrected chi connectivity index (χ4v) is 3.31. The van der Waals surface area contributed by atoms with Gasteiger partial charge in [0.2, 0.25) is 0 Å². The molecule has 0 spiro atoms. The van der Waals surface area contributed by atoms with Crippen molar-refractivity contribution in [2.24, 2.45) is 0 Å². The zero-order valence-corrected chi connectivity index (χ0v) is 13.8. The molecule has 0 amide bonds. The Morgan fingerprint density at radius 3 is 2.57 bits per heavy atom. The summed E-state index contributed by atoms with van der Waals surface area (Å²) in [6, 6.07) is 9.41. The Morgan fingerprint density at radius 2 is 1.95 bits per heavy atom. The van der Waals surface area contributed by atoms with Gasteiger partial charge in [0, 0.05) is 17.6 Å². The molecule has 1 atom stereocenters. The minimum absolute atomic E-state index is 0.392. The number of ether oxygens (including phenoxy) is 1. The normalized spacial score (nSPS) is 18.6. The van der Waals surface area contributed by atoms with Gasteiger partial charge in [-0.2, -0.15) is 0 Å². The first-order valence-electron chi connectivity index (χ1n) is 8.39. The molecular formula is C18H30N2O. The lowest BCUT2D eigenvalue weighted by Gasteiger charge is -2.34. The van der Waals surface area contributed by atoms with Crippen LogP contribution in [0.5, 0.6) is 5.75 Å². The van der Waals surface area contributed by atoms with Gasteiger partial charge in [0.05, 0.1) is 7.11 Å². The van der Waals surface area contributed by atoms with Gasteiger partial charge in [0.25, 0.3) is 0 Å². The fourth-order valence-electron chi connectivity index (χ4n) is 3.31. The van der Waals surface area contributed by atoms with E-state index < -0.39 is 0 Å². The predicted octanol–water partition coefficient (Wildman–Crippen LogP) is 3.61. The number of hydrogen-bond acceptors (Lipinski definition) is 3. The maximum absolute atomic E-state index is 5.52. The van der Waals surface area contributed by atoms with Crippen LogP contribution >= 0.6 is 0 Å². The Kier molecular flexibility index (Phi) is 6.52. The van der Waals surface area contributed by atoms with Gasteiger partial charge in [-0.25, -0.2) is 0 Å². The third kappa shape index (κ3) is 4.45. The molecule has 21 heavy (non-hydrogen) atoms. The molecule has 3 nitrogen and oxygen atoms in total. The number of nitrogens with one attached hydrogen (secondary N) is 1. The zero-order chi connectivity index (χ0) is 15.1. The first-order valence-corrected chi connectivity index (χ1v) is 8.39. The van der Waals surface area contributed by atoms with E-state index in [0.717, 1.165) is 12.2 Å². The van der Waals surface area contributed by atoms with E-state index >= 15 is 0 Å². The summed E-state index contributed by atoms with van der Waals surface area (Å²) >= 11 is 0. The molecule has 1 aliphatic heterocycles. The van der Waals surface area contributed by atoms with Crippen molar-refractivity contribution in [3.63, 3.8) is 0 Å². The summed E-state index contributed by atoms with van der Waals surface area (Å²) in [5, 5.41) is 3.85. The van der Waals surface area contributed by atoms with Crippen LogP contribution in [0.15, 0.2) is 24.3 Å². The zero-order valence-electron chi connectivity index (χ0n) is 13.8. The Morgan fingerprint density at radius 1 is 1.24 bits per heavy atom. The standard InChI is InChI=1S/C18H30N2O/c1-4-12-20-13-10-15(11-14-20)19-17(5-2)16-8-6-7-9-18(16)21-3/h6-9,15,17,19H,4-5,10-14H2,1-3H3. The number of methoxy groups -OCH3 is 1. The molecular weight excluding hydrogens is 260 g/mol. The second-order valence-corrected chi connectivity index (χ2v) is 5.99. The van der Waals surface area contributed by atoms with Crippen LogP contribution in [0.1, 0.15) is 51.1 Å². The summed E-state index contributed by atoms with van der Waals surface area (Å²) in [6.07, 6.45) is 4.86. The first kappa shape index (κ1) is 16.3. The number of hydrogen-bond donors (Lipinski definition) is 1. The number of rotatable bonds is 7. The molecule has 0 radical (unpaired) electrons. The van der Waals surface area contributed by atoms with E-state index in [9.17, 15) is 0 Å². The molecule has 1 aromatic carbocycles. The summed E-state index contributed by atoms with van der Waals surface area (Å²) in [5.41, 5.74) is 1.29. The maximum atomic E-state index is 5.52. The molecule has 0 aromatic heterocycles. The predicted molar refractivity (Wildman–Crippen MR) is 88.9 cm³/mol. The molecule has 118 valence electrons. The molecule has 1 heterocycles. The van der Waals surface area contributed by atoms with Crippen LogP contribution in [-0.2, 0) is 0 Å². The summed E-state index contributed by atoms with van der Waals surface area (Å²) in [6.45, 7) is 8.22. The number of para-hydroxylation sites is 1. The van der Waals surface area contributed by atoms with Gasteiger partial charge in [-0.1, -0.05) is 32.0 Å². The fraction of sp³-hybridized carbons (Fsp3) is 0.667. The van der Waals surface area contributed by atoms with Crippen LogP contribution in [0.4, 0.5) is 0 Å². The number of nitrogens with zero attached hydrogens (tertiary/aromatic N) is 1. The smallest absolute Gasteiger partial charge is 0.123 e. The Labute approximate surface area is 129 Å². The van der Waals surface area contributed by atoms with Crippen molar-refractivity contribution in [2.45, 2.75) is 51.6 Å². The van der Waals surface area contributed by atoms with Crippen LogP contribution in [0.3, 0.4) is 0 Å². The average Bonchev–Trinajstić information content (AvgIpc) is 2.54. The molecule has 2 rings (SSSR count). The Balaban J connectivity index is 1.94. The molecule has 3 heteroatoms. The molecule has 1 N–H and O–H groups in total. The van der Waals surface area contributed by atoms with Crippen molar-refractivity contribution in [3.8, 4) is 5.75 Å². The highest BCUT2D eigenvalue weighted by molar-refractivity contribution is 5.35. The van der Waals surface area contributed by atoms with Gasteiger partial charge < -0.3 is 15.0 Å². The van der Waals surface area contributed by atoms with Crippen LogP contribution in [0.2, 0.25) is 0 Å². The quantitative estimate of drug-likeness (QED) is 0.830. The average molecular weight is 290 g/mol. The van der Waals surface area contributed by atoms with Crippen molar-refractivity contribution in [2.75, 3.05) is 26.7 Å². The van der Waals surface area contributed by atoms with Crippen molar-refractivity contribution in [1.29, 1.82) is 0 Å². The summed E-state index contributed by atoms with van der Waals surface area (Å²) in [7, 11) is 1.76. The lowest BCUT2D eigenvalue weighted by Crippen LogP contribution is -2.43. The maximum Gasteiger partial charge on any atom is 0.123 e. The third-order valence-corrected chi connectivity index (χ3v) is 4.49. The van der Waals surface area contributed by atoms with Gasteiger partial charge in [-0.05, 0) is 51.4 Å². The highest BCUT2D eigenvalue weighted by Crippen LogP contribution is 2.28. The summed E-state index contributed by atoms with van der Waals surface area (Å²) in [4.78, 5) is 2.59. The van der Waals surface area contributed by atoms with E-state index in [1.54, 1.807) is 7.11 Å². The minimum atomic E-state index is 0.392. The number of piperidine rings is 1. The van der Waals surface area contributed by atoms with E-state index in [4.69, 9.17) is 4.74 Å². The lowest BCUT2D eigenvalue weighted by atomic mass is 9.98. The molecule has 0 aliphatic carbocycles. The van der Waals surface area contributed by atoms with Gasteiger partial charge in [0.15, 0.2) is 0 Å². The Bertz CT molecular complexity index is 413. The number of benzene rings is 1. The largest absolute Gasteiger partial charge is 0.496 e. The summed E-state index contributed by atoms with van der Waals surface area (Å²) < 4.78 is 5.52. The second kappa shape index (κ2) is 8.40. The van der Waals surface area contributed by atoms with E-state index in [1.807, 2.05) is 6.07 Å². The molecule has 1 aliphatic rings. The van der Waals surface area contributed by atoms with Crippen molar-refractivity contribution >= 4 is 0 Å². The molecule has 0 bridgehead atoms. The van der Waals surface area contributed by atoms with Crippen LogP contribution in [-0.4, -0.2) is 37.7 Å². The van der Waals surface area contributed by atoms with E-state index in [2.05, 4.69) is 42.3 Å². The highest BCUT2D eigenvalue weighted by atomic mass is 16.5. The van der Waals surface area contributed by atoms with E-state index in [-0.39, 0.29) is 0 Å². The van der Waals surface area contributed by atoms with Crippen LogP contribution < -0.4 is 10.1 Å². The molecule has 1 saturated heterocycles. The van der Waals surface area contributed by atoms with Gasteiger partial charge in [-0.3, -0.25) is 0 Å². The topological polar surface area (TPSA) is 24.5 Å². The first-order chi connectivity index (χ1) is 10.3. The molecule has 0 saturated carbocycles. The van der Waals surface area contributed by atoms with Crippen molar-refractivity contribution in [1.82, 2.24) is 10.2 Å². The number of likely N-dealkylation sites (tertiary alicyclic amines) is 1. The van der Waals surface area contributed by atoms with E-state index in [0.29, 0.717) is 12.1 Å².